The maximum atomic E-state index is 6.21. The molecule has 0 spiro atoms. The zero-order valence-electron chi connectivity index (χ0n) is 17.1. The number of nitrogens with two attached hydrogens (primary N) is 2. The Kier molecular flexibility index (Phi) is 7.46. The molecular weight excluding hydrogens is 408 g/mol. The molecule has 0 aliphatic heterocycles. The number of nitrogens with zero attached hydrogens (tertiary/aromatic N) is 2. The number of hydrogen-bond acceptors (Lipinski definition) is 5. The first kappa shape index (κ1) is 22.1. The summed E-state index contributed by atoms with van der Waals surface area (Å²) in [6.07, 6.45) is 1.42. The summed E-state index contributed by atoms with van der Waals surface area (Å²) in [6.45, 7) is 0.528. The fourth-order valence-electron chi connectivity index (χ4n) is 3.49. The molecule has 4 rings (SSSR count). The maximum Gasteiger partial charge on any atom is 0.222 e. The molecule has 6 heteroatoms. The summed E-state index contributed by atoms with van der Waals surface area (Å²) in [5, 5.41) is 0. The van der Waals surface area contributed by atoms with Crippen LogP contribution in [0, 0.1) is 0 Å². The van der Waals surface area contributed by atoms with Crippen LogP contribution < -0.4 is 16.2 Å². The minimum absolute atomic E-state index is 0. The van der Waals surface area contributed by atoms with E-state index in [9.17, 15) is 0 Å². The molecule has 1 heterocycles. The van der Waals surface area contributed by atoms with Gasteiger partial charge in [0.15, 0.2) is 0 Å². The third-order valence-electron chi connectivity index (χ3n) is 4.93. The summed E-state index contributed by atoms with van der Waals surface area (Å²) in [7, 11) is 0. The van der Waals surface area contributed by atoms with E-state index in [4.69, 9.17) is 16.2 Å². The normalized spacial score (nSPS) is 10.3. The van der Waals surface area contributed by atoms with Crippen LogP contribution in [-0.2, 0) is 19.4 Å². The van der Waals surface area contributed by atoms with Crippen LogP contribution in [0.4, 0.5) is 11.8 Å². The Balaban J connectivity index is 0.00000272. The Morgan fingerprint density at radius 1 is 0.710 bits per heavy atom. The van der Waals surface area contributed by atoms with Crippen LogP contribution in [0.1, 0.15) is 16.8 Å². The molecule has 0 fully saturated rings. The van der Waals surface area contributed by atoms with Crippen LogP contribution in [0.15, 0.2) is 84.9 Å². The average molecular weight is 433 g/mol. The van der Waals surface area contributed by atoms with E-state index in [0.717, 1.165) is 40.1 Å². The highest BCUT2D eigenvalue weighted by Crippen LogP contribution is 2.30. The fraction of sp³-hybridized carbons (Fsp3) is 0.120. The van der Waals surface area contributed by atoms with Crippen molar-refractivity contribution >= 4 is 24.2 Å². The van der Waals surface area contributed by atoms with Crippen LogP contribution in [0.3, 0.4) is 0 Å². The molecule has 5 nitrogen and oxygen atoms in total. The van der Waals surface area contributed by atoms with E-state index in [2.05, 4.69) is 28.2 Å². The molecule has 4 aromatic rings. The van der Waals surface area contributed by atoms with Gasteiger partial charge in [0, 0.05) is 5.56 Å². The number of halogens is 1. The first-order valence-corrected chi connectivity index (χ1v) is 9.92. The smallest absolute Gasteiger partial charge is 0.222 e. The Labute approximate surface area is 188 Å². The predicted octanol–water partition coefficient (Wildman–Crippen LogP) is 5.09. The van der Waals surface area contributed by atoms with Crippen molar-refractivity contribution in [1.29, 1.82) is 0 Å². The van der Waals surface area contributed by atoms with Gasteiger partial charge in [0.1, 0.15) is 18.2 Å². The number of aromatic nitrogens is 2. The molecule has 158 valence electrons. The van der Waals surface area contributed by atoms with Gasteiger partial charge in [-0.25, -0.2) is 4.98 Å². The quantitative estimate of drug-likeness (QED) is 0.424. The van der Waals surface area contributed by atoms with E-state index < -0.39 is 0 Å². The molecule has 0 saturated carbocycles. The lowest BCUT2D eigenvalue weighted by molar-refractivity contribution is 0.303. The first-order valence-electron chi connectivity index (χ1n) is 9.92. The van der Waals surface area contributed by atoms with Gasteiger partial charge in [0.05, 0.1) is 5.69 Å². The lowest BCUT2D eigenvalue weighted by Gasteiger charge is -2.14. The number of rotatable bonds is 7. The van der Waals surface area contributed by atoms with Gasteiger partial charge < -0.3 is 16.2 Å². The van der Waals surface area contributed by atoms with Gasteiger partial charge >= 0.3 is 0 Å². The van der Waals surface area contributed by atoms with Gasteiger partial charge in [-0.2, -0.15) is 4.98 Å². The van der Waals surface area contributed by atoms with Crippen molar-refractivity contribution in [2.75, 3.05) is 11.5 Å². The summed E-state index contributed by atoms with van der Waals surface area (Å²) in [5.74, 6) is 1.46. The van der Waals surface area contributed by atoms with Crippen molar-refractivity contribution in [2.24, 2.45) is 0 Å². The Morgan fingerprint density at radius 2 is 1.35 bits per heavy atom. The van der Waals surface area contributed by atoms with Crippen molar-refractivity contribution < 1.29 is 4.74 Å². The zero-order valence-corrected chi connectivity index (χ0v) is 17.9. The second-order valence-corrected chi connectivity index (χ2v) is 7.04. The molecule has 0 aliphatic carbocycles. The lowest BCUT2D eigenvalue weighted by atomic mass is 9.99. The number of benzene rings is 3. The molecule has 1 aromatic heterocycles. The van der Waals surface area contributed by atoms with Crippen molar-refractivity contribution in [2.45, 2.75) is 19.4 Å². The van der Waals surface area contributed by atoms with E-state index in [1.165, 1.54) is 0 Å². The van der Waals surface area contributed by atoms with Crippen molar-refractivity contribution in [3.8, 4) is 16.9 Å². The molecular formula is C25H25ClN4O. The molecule has 0 atom stereocenters. The minimum atomic E-state index is 0. The molecule has 0 saturated heterocycles. The molecule has 31 heavy (non-hydrogen) atoms. The predicted molar refractivity (Wildman–Crippen MR) is 128 cm³/mol. The van der Waals surface area contributed by atoms with E-state index in [1.54, 1.807) is 0 Å². The topological polar surface area (TPSA) is 87.0 Å². The highest BCUT2D eigenvalue weighted by Gasteiger charge is 2.14. The fourth-order valence-corrected chi connectivity index (χ4v) is 3.49. The van der Waals surface area contributed by atoms with Gasteiger partial charge in [0.25, 0.3) is 0 Å². The van der Waals surface area contributed by atoms with Crippen LogP contribution in [0.2, 0.25) is 0 Å². The summed E-state index contributed by atoms with van der Waals surface area (Å²) in [6, 6.07) is 28.2. The van der Waals surface area contributed by atoms with Crippen LogP contribution in [0.25, 0.3) is 11.1 Å². The molecule has 0 unspecified atom stereocenters. The van der Waals surface area contributed by atoms with Gasteiger partial charge in [-0.05, 0) is 35.6 Å². The SMILES string of the molecule is Cl.Nc1nc(N)c(-c2ccccc2)c(CCc2ccccc2OCc2ccccc2)n1. The van der Waals surface area contributed by atoms with Crippen molar-refractivity contribution in [3.63, 3.8) is 0 Å². The largest absolute Gasteiger partial charge is 0.489 e. The highest BCUT2D eigenvalue weighted by atomic mass is 35.5. The standard InChI is InChI=1S/C25H24N4O.ClH/c26-24-23(20-12-5-2-6-13-20)21(28-25(27)29-24)16-15-19-11-7-8-14-22(19)30-17-18-9-3-1-4-10-18;/h1-14H,15-17H2,(H4,26,27,28,29);1H. The van der Waals surface area contributed by atoms with E-state index >= 15 is 0 Å². The molecule has 0 aliphatic rings. The van der Waals surface area contributed by atoms with E-state index in [0.29, 0.717) is 18.8 Å². The second kappa shape index (κ2) is 10.5. The van der Waals surface area contributed by atoms with Crippen molar-refractivity contribution in [3.05, 3.63) is 102 Å². The number of ether oxygens (including phenoxy) is 1. The third-order valence-corrected chi connectivity index (χ3v) is 4.93. The maximum absolute atomic E-state index is 6.21. The Hall–Kier alpha value is -3.57. The summed E-state index contributed by atoms with van der Waals surface area (Å²) in [5.41, 5.74) is 17.0. The zero-order chi connectivity index (χ0) is 20.8. The second-order valence-electron chi connectivity index (χ2n) is 7.04. The molecule has 4 N–H and O–H groups in total. The van der Waals surface area contributed by atoms with Crippen molar-refractivity contribution in [1.82, 2.24) is 9.97 Å². The summed E-state index contributed by atoms with van der Waals surface area (Å²) in [4.78, 5) is 8.66. The number of para-hydroxylation sites is 1. The Morgan fingerprint density at radius 3 is 2.10 bits per heavy atom. The number of nitrogen functional groups attached to an aromatic ring is 2. The van der Waals surface area contributed by atoms with Gasteiger partial charge in [0.2, 0.25) is 5.95 Å². The van der Waals surface area contributed by atoms with E-state index in [-0.39, 0.29) is 18.4 Å². The number of anilines is 2. The molecule has 0 radical (unpaired) electrons. The van der Waals surface area contributed by atoms with Gasteiger partial charge in [-0.1, -0.05) is 78.9 Å². The number of hydrogen-bond donors (Lipinski definition) is 2. The van der Waals surface area contributed by atoms with Crippen LogP contribution in [-0.4, -0.2) is 9.97 Å². The molecule has 3 aromatic carbocycles. The lowest BCUT2D eigenvalue weighted by Crippen LogP contribution is -2.08. The van der Waals surface area contributed by atoms with Gasteiger partial charge in [-0.15, -0.1) is 12.4 Å². The van der Waals surface area contributed by atoms with E-state index in [1.807, 2.05) is 66.7 Å². The third kappa shape index (κ3) is 5.53. The van der Waals surface area contributed by atoms with Crippen LogP contribution in [0.5, 0.6) is 5.75 Å². The number of aryl methyl sites for hydroxylation is 2. The first-order chi connectivity index (χ1) is 14.7. The Bertz CT molecular complexity index is 1120. The van der Waals surface area contributed by atoms with Gasteiger partial charge in [-0.3, -0.25) is 0 Å². The monoisotopic (exact) mass is 432 g/mol. The minimum Gasteiger partial charge on any atom is -0.489 e. The van der Waals surface area contributed by atoms with Crippen LogP contribution >= 0.6 is 12.4 Å². The molecule has 0 amide bonds. The summed E-state index contributed by atoms with van der Waals surface area (Å²) < 4.78 is 6.09. The summed E-state index contributed by atoms with van der Waals surface area (Å²) >= 11 is 0. The molecule has 0 bridgehead atoms. The highest BCUT2D eigenvalue weighted by molar-refractivity contribution is 5.85. The average Bonchev–Trinajstić information content (AvgIpc) is 2.78.